The van der Waals surface area contributed by atoms with Crippen molar-refractivity contribution in [1.82, 2.24) is 10.3 Å². The predicted octanol–water partition coefficient (Wildman–Crippen LogP) is 1.91. The molecule has 3 rings (SSSR count). The molecule has 3 heteroatoms. The van der Waals surface area contributed by atoms with Crippen molar-refractivity contribution >= 4 is 0 Å². The van der Waals surface area contributed by atoms with Crippen molar-refractivity contribution < 1.29 is 0 Å². The van der Waals surface area contributed by atoms with E-state index in [-0.39, 0.29) is 0 Å². The van der Waals surface area contributed by atoms with Gasteiger partial charge in [-0.05, 0) is 54.7 Å². The Hall–Kier alpha value is -1.51. The molecule has 0 saturated heterocycles. The van der Waals surface area contributed by atoms with E-state index in [1.807, 2.05) is 18.5 Å². The summed E-state index contributed by atoms with van der Waals surface area (Å²) in [7, 11) is 0. The minimum atomic E-state index is 0.430. The molecular formula is C14H19N3. The standard InChI is InChI=1S/C14H19N3/c15-13-8-11(9-17-13)3-4-14(5-6-14)12-2-1-7-16-10-12/h1-2,7-8,10-11,17H,3-6,9,15H2/t11-/m0/s1. The van der Waals surface area contributed by atoms with Crippen molar-refractivity contribution in [2.24, 2.45) is 11.7 Å². The van der Waals surface area contributed by atoms with E-state index in [9.17, 15) is 0 Å². The lowest BCUT2D eigenvalue weighted by Crippen LogP contribution is -2.17. The first kappa shape index (κ1) is 10.6. The fourth-order valence-electron chi connectivity index (χ4n) is 2.78. The van der Waals surface area contributed by atoms with E-state index < -0.39 is 0 Å². The van der Waals surface area contributed by atoms with Crippen LogP contribution in [-0.4, -0.2) is 11.5 Å². The van der Waals surface area contributed by atoms with Crippen LogP contribution in [-0.2, 0) is 5.41 Å². The largest absolute Gasteiger partial charge is 0.386 e. The molecule has 17 heavy (non-hydrogen) atoms. The van der Waals surface area contributed by atoms with Crippen LogP contribution >= 0.6 is 0 Å². The van der Waals surface area contributed by atoms with Gasteiger partial charge in [-0.2, -0.15) is 0 Å². The molecule has 3 nitrogen and oxygen atoms in total. The van der Waals surface area contributed by atoms with Crippen LogP contribution in [0.3, 0.4) is 0 Å². The van der Waals surface area contributed by atoms with Crippen molar-refractivity contribution in [2.75, 3.05) is 6.54 Å². The number of nitrogens with two attached hydrogens (primary N) is 1. The highest BCUT2D eigenvalue weighted by Gasteiger charge is 2.44. The minimum absolute atomic E-state index is 0.430. The smallest absolute Gasteiger partial charge is 0.0922 e. The molecule has 0 radical (unpaired) electrons. The molecule has 1 aliphatic heterocycles. The van der Waals surface area contributed by atoms with Crippen LogP contribution in [0.2, 0.25) is 0 Å². The Bertz CT molecular complexity index is 420. The lowest BCUT2D eigenvalue weighted by molar-refractivity contribution is 0.500. The maximum absolute atomic E-state index is 5.73. The van der Waals surface area contributed by atoms with E-state index >= 15 is 0 Å². The highest BCUT2D eigenvalue weighted by Crippen LogP contribution is 2.52. The molecule has 1 aliphatic carbocycles. The third-order valence-electron chi connectivity index (χ3n) is 4.10. The molecule has 2 aliphatic rings. The lowest BCUT2D eigenvalue weighted by atomic mass is 9.89. The molecule has 1 aromatic rings. The molecule has 1 atom stereocenters. The van der Waals surface area contributed by atoms with Gasteiger partial charge >= 0.3 is 0 Å². The van der Waals surface area contributed by atoms with E-state index in [0.717, 1.165) is 12.4 Å². The summed E-state index contributed by atoms with van der Waals surface area (Å²) in [5.74, 6) is 1.46. The average molecular weight is 229 g/mol. The number of nitrogens with one attached hydrogen (secondary N) is 1. The number of hydrogen-bond donors (Lipinski definition) is 2. The second-order valence-electron chi connectivity index (χ2n) is 5.32. The monoisotopic (exact) mass is 229 g/mol. The fourth-order valence-corrected chi connectivity index (χ4v) is 2.78. The van der Waals surface area contributed by atoms with Crippen LogP contribution in [0.4, 0.5) is 0 Å². The Morgan fingerprint density at radius 1 is 1.47 bits per heavy atom. The molecule has 3 N–H and O–H groups in total. The van der Waals surface area contributed by atoms with Crippen LogP contribution < -0.4 is 11.1 Å². The van der Waals surface area contributed by atoms with Crippen LogP contribution in [0.5, 0.6) is 0 Å². The number of hydrogen-bond acceptors (Lipinski definition) is 3. The van der Waals surface area contributed by atoms with Gasteiger partial charge in [0, 0.05) is 18.9 Å². The maximum Gasteiger partial charge on any atom is 0.0922 e. The van der Waals surface area contributed by atoms with E-state index in [1.165, 1.54) is 31.2 Å². The normalized spacial score (nSPS) is 25.2. The molecule has 2 heterocycles. The molecule has 90 valence electrons. The van der Waals surface area contributed by atoms with Gasteiger partial charge < -0.3 is 11.1 Å². The van der Waals surface area contributed by atoms with E-state index in [2.05, 4.69) is 22.4 Å². The quantitative estimate of drug-likeness (QED) is 0.829. The molecule has 1 fully saturated rings. The summed E-state index contributed by atoms with van der Waals surface area (Å²) >= 11 is 0. The lowest BCUT2D eigenvalue weighted by Gasteiger charge is -2.16. The number of pyridine rings is 1. The zero-order chi connectivity index (χ0) is 11.7. The molecule has 0 spiro atoms. The first-order chi connectivity index (χ1) is 8.28. The molecule has 1 aromatic heterocycles. The maximum atomic E-state index is 5.73. The van der Waals surface area contributed by atoms with Gasteiger partial charge in [-0.25, -0.2) is 0 Å². The number of nitrogens with zero attached hydrogens (tertiary/aromatic N) is 1. The SMILES string of the molecule is NC1=C[C@H](CCC2(c3cccnc3)CC2)CN1. The first-order valence-electron chi connectivity index (χ1n) is 6.40. The van der Waals surface area contributed by atoms with Crippen molar-refractivity contribution in [3.8, 4) is 0 Å². The Morgan fingerprint density at radius 2 is 2.35 bits per heavy atom. The second-order valence-corrected chi connectivity index (χ2v) is 5.32. The van der Waals surface area contributed by atoms with E-state index in [4.69, 9.17) is 5.73 Å². The van der Waals surface area contributed by atoms with Crippen molar-refractivity contribution in [3.63, 3.8) is 0 Å². The van der Waals surface area contributed by atoms with Crippen molar-refractivity contribution in [2.45, 2.75) is 31.1 Å². The van der Waals surface area contributed by atoms with Crippen LogP contribution in [0.25, 0.3) is 0 Å². The topological polar surface area (TPSA) is 50.9 Å². The Morgan fingerprint density at radius 3 is 2.94 bits per heavy atom. The van der Waals surface area contributed by atoms with Gasteiger partial charge in [0.1, 0.15) is 0 Å². The zero-order valence-electron chi connectivity index (χ0n) is 10.0. The Kier molecular flexibility index (Phi) is 2.54. The van der Waals surface area contributed by atoms with Crippen LogP contribution in [0.15, 0.2) is 36.4 Å². The summed E-state index contributed by atoms with van der Waals surface area (Å²) in [5.41, 5.74) is 7.58. The summed E-state index contributed by atoms with van der Waals surface area (Å²) in [5, 5.41) is 3.19. The average Bonchev–Trinajstić information content (AvgIpc) is 3.05. The van der Waals surface area contributed by atoms with Crippen LogP contribution in [0.1, 0.15) is 31.2 Å². The third kappa shape index (κ3) is 2.14. The van der Waals surface area contributed by atoms with Gasteiger partial charge in [0.05, 0.1) is 5.82 Å². The van der Waals surface area contributed by atoms with Gasteiger partial charge in [0.25, 0.3) is 0 Å². The first-order valence-corrected chi connectivity index (χ1v) is 6.40. The zero-order valence-corrected chi connectivity index (χ0v) is 10.0. The van der Waals surface area contributed by atoms with Crippen molar-refractivity contribution in [3.05, 3.63) is 42.0 Å². The molecule has 0 bridgehead atoms. The van der Waals surface area contributed by atoms with Crippen molar-refractivity contribution in [1.29, 1.82) is 0 Å². The Balaban J connectivity index is 1.62. The Labute approximate surface area is 102 Å². The van der Waals surface area contributed by atoms with E-state index in [1.54, 1.807) is 0 Å². The third-order valence-corrected chi connectivity index (χ3v) is 4.10. The number of rotatable bonds is 4. The van der Waals surface area contributed by atoms with E-state index in [0.29, 0.717) is 11.3 Å². The molecule has 0 unspecified atom stereocenters. The van der Waals surface area contributed by atoms with Crippen LogP contribution in [0, 0.1) is 5.92 Å². The number of aromatic nitrogens is 1. The van der Waals surface area contributed by atoms with Gasteiger partial charge in [-0.1, -0.05) is 6.07 Å². The summed E-state index contributed by atoms with van der Waals surface area (Å²) in [6.45, 7) is 1.01. The summed E-state index contributed by atoms with van der Waals surface area (Å²) in [6, 6.07) is 4.27. The highest BCUT2D eigenvalue weighted by atomic mass is 15.0. The minimum Gasteiger partial charge on any atom is -0.386 e. The fraction of sp³-hybridized carbons (Fsp3) is 0.500. The van der Waals surface area contributed by atoms with Gasteiger partial charge in [0.15, 0.2) is 0 Å². The summed E-state index contributed by atoms with van der Waals surface area (Å²) < 4.78 is 0. The molecule has 0 amide bonds. The van der Waals surface area contributed by atoms with Gasteiger partial charge in [-0.15, -0.1) is 0 Å². The highest BCUT2D eigenvalue weighted by molar-refractivity contribution is 5.28. The summed E-state index contributed by atoms with van der Waals surface area (Å²) in [4.78, 5) is 4.24. The second kappa shape index (κ2) is 4.06. The summed E-state index contributed by atoms with van der Waals surface area (Å²) in [6.07, 6.45) is 11.2. The predicted molar refractivity (Wildman–Crippen MR) is 68.1 cm³/mol. The molecule has 0 aromatic carbocycles. The van der Waals surface area contributed by atoms with Gasteiger partial charge in [-0.3, -0.25) is 4.98 Å². The molecule has 1 saturated carbocycles. The van der Waals surface area contributed by atoms with Gasteiger partial charge in [0.2, 0.25) is 0 Å². The molecular weight excluding hydrogens is 210 g/mol.